The molecule has 4 rings (SSSR count). The first-order chi connectivity index (χ1) is 15.1. The summed E-state index contributed by atoms with van der Waals surface area (Å²) >= 11 is 0. The van der Waals surface area contributed by atoms with Gasteiger partial charge in [0.1, 0.15) is 5.75 Å². The third-order valence-electron chi connectivity index (χ3n) is 5.30. The van der Waals surface area contributed by atoms with Gasteiger partial charge in [0.05, 0.1) is 24.1 Å². The Bertz CT molecular complexity index is 1120. The molecule has 164 valence electrons. The molecule has 1 N–H and O–H groups in total. The molecule has 0 atom stereocenters. The molecule has 1 aliphatic rings. The Balaban J connectivity index is 1.46. The molecule has 1 aliphatic heterocycles. The number of para-hydroxylation sites is 1. The van der Waals surface area contributed by atoms with Gasteiger partial charge in [-0.1, -0.05) is 36.2 Å². The van der Waals surface area contributed by atoms with Gasteiger partial charge in [-0.3, -0.25) is 0 Å². The molecule has 1 saturated heterocycles. The third kappa shape index (κ3) is 4.88. The maximum atomic E-state index is 13.0. The molecule has 9 heteroatoms. The predicted molar refractivity (Wildman–Crippen MR) is 117 cm³/mol. The molecule has 1 aromatic heterocycles. The van der Waals surface area contributed by atoms with Crippen molar-refractivity contribution in [3.8, 4) is 17.1 Å². The SMILES string of the molecule is COc1ccccc1-c1noc(CNc2cccc(S(=O)(=O)N3CCCCCC3)c2)n1. The third-order valence-corrected chi connectivity index (χ3v) is 7.19. The number of sulfonamides is 1. The predicted octanol–water partition coefficient (Wildman–Crippen LogP) is 3.92. The number of anilines is 1. The van der Waals surface area contributed by atoms with Crippen LogP contribution in [0, 0.1) is 0 Å². The minimum absolute atomic E-state index is 0.273. The molecule has 0 unspecified atom stereocenters. The van der Waals surface area contributed by atoms with Gasteiger partial charge in [-0.05, 0) is 43.2 Å². The molecule has 0 bridgehead atoms. The molecular weight excluding hydrogens is 416 g/mol. The van der Waals surface area contributed by atoms with Crippen molar-refractivity contribution in [2.24, 2.45) is 0 Å². The van der Waals surface area contributed by atoms with Crippen LogP contribution in [0.5, 0.6) is 5.75 Å². The first-order valence-corrected chi connectivity index (χ1v) is 11.8. The second-order valence-corrected chi connectivity index (χ2v) is 9.35. The van der Waals surface area contributed by atoms with Crippen LogP contribution in [0.25, 0.3) is 11.4 Å². The van der Waals surface area contributed by atoms with E-state index in [2.05, 4.69) is 15.5 Å². The van der Waals surface area contributed by atoms with Gasteiger partial charge in [-0.25, -0.2) is 8.42 Å². The lowest BCUT2D eigenvalue weighted by Crippen LogP contribution is -2.31. The van der Waals surface area contributed by atoms with Crippen LogP contribution in [0.3, 0.4) is 0 Å². The molecule has 2 heterocycles. The van der Waals surface area contributed by atoms with E-state index < -0.39 is 10.0 Å². The van der Waals surface area contributed by atoms with Crippen LogP contribution in [0.2, 0.25) is 0 Å². The highest BCUT2D eigenvalue weighted by Gasteiger charge is 2.25. The van der Waals surface area contributed by atoms with Crippen LogP contribution >= 0.6 is 0 Å². The van der Waals surface area contributed by atoms with E-state index in [0.717, 1.165) is 31.2 Å². The molecule has 3 aromatic rings. The van der Waals surface area contributed by atoms with Gasteiger partial charge in [-0.2, -0.15) is 9.29 Å². The summed E-state index contributed by atoms with van der Waals surface area (Å²) in [7, 11) is -1.91. The van der Waals surface area contributed by atoms with E-state index in [9.17, 15) is 8.42 Å². The summed E-state index contributed by atoms with van der Waals surface area (Å²) in [5.41, 5.74) is 1.42. The van der Waals surface area contributed by atoms with E-state index in [1.807, 2.05) is 30.3 Å². The fourth-order valence-corrected chi connectivity index (χ4v) is 5.20. The number of benzene rings is 2. The van der Waals surface area contributed by atoms with Crippen molar-refractivity contribution in [2.75, 3.05) is 25.5 Å². The van der Waals surface area contributed by atoms with Gasteiger partial charge in [0.15, 0.2) is 0 Å². The molecular formula is C22H26N4O4S. The van der Waals surface area contributed by atoms with Crippen molar-refractivity contribution in [1.82, 2.24) is 14.4 Å². The first kappa shape index (κ1) is 21.3. The molecule has 0 radical (unpaired) electrons. The quantitative estimate of drug-likeness (QED) is 0.592. The summed E-state index contributed by atoms with van der Waals surface area (Å²) in [6.07, 6.45) is 3.97. The van der Waals surface area contributed by atoms with Crippen LogP contribution in [-0.4, -0.2) is 43.1 Å². The highest BCUT2D eigenvalue weighted by molar-refractivity contribution is 7.89. The zero-order valence-corrected chi connectivity index (χ0v) is 18.3. The fraction of sp³-hybridized carbons (Fsp3) is 0.364. The van der Waals surface area contributed by atoms with Crippen LogP contribution in [0.1, 0.15) is 31.6 Å². The van der Waals surface area contributed by atoms with Crippen LogP contribution in [0.4, 0.5) is 5.69 Å². The zero-order chi connectivity index (χ0) is 21.7. The molecule has 0 spiro atoms. The highest BCUT2D eigenvalue weighted by Crippen LogP contribution is 2.27. The van der Waals surface area contributed by atoms with Crippen molar-refractivity contribution in [1.29, 1.82) is 0 Å². The monoisotopic (exact) mass is 442 g/mol. The summed E-state index contributed by atoms with van der Waals surface area (Å²) in [4.78, 5) is 4.70. The number of ether oxygens (including phenoxy) is 1. The summed E-state index contributed by atoms with van der Waals surface area (Å²) in [6.45, 7) is 1.43. The summed E-state index contributed by atoms with van der Waals surface area (Å²) < 4.78 is 38.3. The van der Waals surface area contributed by atoms with Gasteiger partial charge in [0.25, 0.3) is 0 Å². The van der Waals surface area contributed by atoms with E-state index in [1.54, 1.807) is 29.6 Å². The second-order valence-electron chi connectivity index (χ2n) is 7.41. The van der Waals surface area contributed by atoms with E-state index in [0.29, 0.717) is 41.1 Å². The molecule has 1 fully saturated rings. The van der Waals surface area contributed by atoms with E-state index in [4.69, 9.17) is 9.26 Å². The summed E-state index contributed by atoms with van der Waals surface area (Å²) in [6, 6.07) is 14.3. The van der Waals surface area contributed by atoms with Gasteiger partial charge >= 0.3 is 0 Å². The van der Waals surface area contributed by atoms with Crippen molar-refractivity contribution >= 4 is 15.7 Å². The zero-order valence-electron chi connectivity index (χ0n) is 17.5. The lowest BCUT2D eigenvalue weighted by atomic mass is 10.2. The smallest absolute Gasteiger partial charge is 0.246 e. The number of hydrogen-bond acceptors (Lipinski definition) is 7. The van der Waals surface area contributed by atoms with Crippen molar-refractivity contribution < 1.29 is 17.7 Å². The molecule has 31 heavy (non-hydrogen) atoms. The molecule has 0 saturated carbocycles. The number of nitrogens with one attached hydrogen (secondary N) is 1. The van der Waals surface area contributed by atoms with Gasteiger partial charge in [-0.15, -0.1) is 0 Å². The Labute approximate surface area is 182 Å². The number of rotatable bonds is 7. The number of hydrogen-bond donors (Lipinski definition) is 1. The lowest BCUT2D eigenvalue weighted by molar-refractivity contribution is 0.383. The first-order valence-electron chi connectivity index (χ1n) is 10.4. The van der Waals surface area contributed by atoms with E-state index in [1.165, 1.54) is 0 Å². The standard InChI is InChI=1S/C22H26N4O4S/c1-29-20-12-5-4-11-19(20)22-24-21(30-25-22)16-23-17-9-8-10-18(15-17)31(27,28)26-13-6-2-3-7-14-26/h4-5,8-12,15,23H,2-3,6-7,13-14,16H2,1H3. The normalized spacial score (nSPS) is 15.4. The average Bonchev–Trinajstić information content (AvgIpc) is 3.09. The average molecular weight is 443 g/mol. The van der Waals surface area contributed by atoms with E-state index >= 15 is 0 Å². The lowest BCUT2D eigenvalue weighted by Gasteiger charge is -2.20. The Kier molecular flexibility index (Phi) is 6.53. The second kappa shape index (κ2) is 9.49. The Morgan fingerprint density at radius 1 is 1.06 bits per heavy atom. The van der Waals surface area contributed by atoms with E-state index in [-0.39, 0.29) is 6.54 Å². The Morgan fingerprint density at radius 2 is 1.84 bits per heavy atom. The number of nitrogens with zero attached hydrogens (tertiary/aromatic N) is 3. The molecule has 0 aliphatic carbocycles. The fourth-order valence-electron chi connectivity index (χ4n) is 3.64. The van der Waals surface area contributed by atoms with Crippen molar-refractivity contribution in [3.63, 3.8) is 0 Å². The van der Waals surface area contributed by atoms with Crippen LogP contribution < -0.4 is 10.1 Å². The van der Waals surface area contributed by atoms with Crippen molar-refractivity contribution in [3.05, 3.63) is 54.4 Å². The molecule has 0 amide bonds. The molecule has 8 nitrogen and oxygen atoms in total. The molecule has 2 aromatic carbocycles. The Morgan fingerprint density at radius 3 is 2.61 bits per heavy atom. The summed E-state index contributed by atoms with van der Waals surface area (Å²) in [5.74, 6) is 1.49. The van der Waals surface area contributed by atoms with Crippen molar-refractivity contribution in [2.45, 2.75) is 37.1 Å². The van der Waals surface area contributed by atoms with Gasteiger partial charge in [0, 0.05) is 18.8 Å². The van der Waals surface area contributed by atoms with Gasteiger partial charge in [0.2, 0.25) is 21.7 Å². The Hall–Kier alpha value is -2.91. The number of aromatic nitrogens is 2. The van der Waals surface area contributed by atoms with Crippen LogP contribution in [-0.2, 0) is 16.6 Å². The largest absolute Gasteiger partial charge is 0.496 e. The maximum Gasteiger partial charge on any atom is 0.246 e. The maximum absolute atomic E-state index is 13.0. The number of methoxy groups -OCH3 is 1. The minimum atomic E-state index is -3.50. The minimum Gasteiger partial charge on any atom is -0.496 e. The summed E-state index contributed by atoms with van der Waals surface area (Å²) in [5, 5.41) is 7.20. The highest BCUT2D eigenvalue weighted by atomic mass is 32.2. The van der Waals surface area contributed by atoms with Crippen LogP contribution in [0.15, 0.2) is 57.9 Å². The van der Waals surface area contributed by atoms with Gasteiger partial charge < -0.3 is 14.6 Å². The topological polar surface area (TPSA) is 97.6 Å².